The monoisotopic (exact) mass is 826 g/mol. The number of rotatable bonds is 20. The van der Waals surface area contributed by atoms with E-state index in [-0.39, 0.29) is 109 Å². The second-order valence-corrected chi connectivity index (χ2v) is 13.8. The summed E-state index contributed by atoms with van der Waals surface area (Å²) in [5, 5.41) is 14.2. The molecule has 16 nitrogen and oxygen atoms in total. The highest BCUT2D eigenvalue weighted by Gasteiger charge is 2.39. The number of aliphatic imine (C=N–C) groups is 1. The SMILES string of the molecule is C=C(C)C(=O)OCCN(CCOC(=O)C(=C)C)C1=CC(=NC(C)=O)/C(=C2/C(=O)C(c3ccc(N(CCOC(=O)C(=C)C)CCOC(=O)C(=C)C)cc3NC(C)=O)=C2O)C=C1. The fourth-order valence-corrected chi connectivity index (χ4v) is 5.56. The fourth-order valence-electron chi connectivity index (χ4n) is 5.56. The van der Waals surface area contributed by atoms with Crippen LogP contribution in [0.1, 0.15) is 47.1 Å². The fraction of sp³-hybridized carbons (Fsp3) is 0.318. The van der Waals surface area contributed by atoms with E-state index in [0.717, 1.165) is 0 Å². The summed E-state index contributed by atoms with van der Waals surface area (Å²) < 4.78 is 21.1. The van der Waals surface area contributed by atoms with Gasteiger partial charge in [-0.25, -0.2) is 24.2 Å². The Bertz CT molecular complexity index is 2120. The van der Waals surface area contributed by atoms with Gasteiger partial charge in [-0.1, -0.05) is 26.3 Å². The maximum atomic E-state index is 14.0. The van der Waals surface area contributed by atoms with Gasteiger partial charge in [0.1, 0.15) is 32.2 Å². The summed E-state index contributed by atoms with van der Waals surface area (Å²) >= 11 is 0. The predicted molar refractivity (Wildman–Crippen MR) is 225 cm³/mol. The largest absolute Gasteiger partial charge is 0.506 e. The second-order valence-electron chi connectivity index (χ2n) is 13.8. The molecule has 2 N–H and O–H groups in total. The maximum Gasteiger partial charge on any atom is 0.333 e. The van der Waals surface area contributed by atoms with E-state index in [1.165, 1.54) is 59.8 Å². The maximum absolute atomic E-state index is 14.0. The minimum atomic E-state index is -0.606. The first-order chi connectivity index (χ1) is 28.2. The average Bonchev–Trinajstić information content (AvgIpc) is 3.17. The number of aliphatic hydroxyl groups is 1. The summed E-state index contributed by atoms with van der Waals surface area (Å²) in [5.74, 6) is -4.48. The third kappa shape index (κ3) is 13.0. The smallest absolute Gasteiger partial charge is 0.333 e. The number of aliphatic hydroxyl groups excluding tert-OH is 1. The first kappa shape index (κ1) is 47.3. The highest BCUT2D eigenvalue weighted by atomic mass is 16.5. The van der Waals surface area contributed by atoms with Crippen LogP contribution in [0.2, 0.25) is 0 Å². The van der Waals surface area contributed by atoms with Crippen molar-refractivity contribution in [3.8, 4) is 0 Å². The van der Waals surface area contributed by atoms with Gasteiger partial charge in [0, 0.05) is 58.7 Å². The lowest BCUT2D eigenvalue weighted by molar-refractivity contribution is -0.140. The van der Waals surface area contributed by atoms with Gasteiger partial charge in [-0.15, -0.1) is 0 Å². The van der Waals surface area contributed by atoms with Crippen LogP contribution in [-0.4, -0.2) is 110 Å². The van der Waals surface area contributed by atoms with E-state index in [2.05, 4.69) is 36.6 Å². The van der Waals surface area contributed by atoms with Crippen molar-refractivity contribution in [2.45, 2.75) is 41.5 Å². The van der Waals surface area contributed by atoms with Crippen LogP contribution < -0.4 is 10.2 Å². The molecule has 318 valence electrons. The van der Waals surface area contributed by atoms with E-state index in [1.54, 1.807) is 28.0 Å². The Labute approximate surface area is 348 Å². The normalized spacial score (nSPS) is 14.9. The van der Waals surface area contributed by atoms with Gasteiger partial charge in [0.25, 0.3) is 0 Å². The molecule has 60 heavy (non-hydrogen) atoms. The van der Waals surface area contributed by atoms with Crippen molar-refractivity contribution >= 4 is 64.1 Å². The number of carbonyl (C=O) groups is 7. The number of benzene rings is 1. The van der Waals surface area contributed by atoms with Crippen molar-refractivity contribution in [3.63, 3.8) is 0 Å². The molecule has 0 saturated carbocycles. The number of hydrogen-bond acceptors (Lipinski definition) is 14. The summed E-state index contributed by atoms with van der Waals surface area (Å²) in [7, 11) is 0. The van der Waals surface area contributed by atoms with E-state index >= 15 is 0 Å². The molecule has 1 aromatic carbocycles. The minimum Gasteiger partial charge on any atom is -0.506 e. The molecule has 3 rings (SSSR count). The summed E-state index contributed by atoms with van der Waals surface area (Å²) in [6.45, 7) is 23.1. The van der Waals surface area contributed by atoms with Gasteiger partial charge in [0.2, 0.25) is 17.6 Å². The molecule has 2 aliphatic rings. The molecule has 16 heteroatoms. The van der Waals surface area contributed by atoms with E-state index in [1.807, 2.05) is 0 Å². The van der Waals surface area contributed by atoms with Gasteiger partial charge in [-0.2, -0.15) is 0 Å². The second kappa shape index (κ2) is 21.6. The molecule has 2 amide bonds. The quantitative estimate of drug-likeness (QED) is 0.103. The Kier molecular flexibility index (Phi) is 17.0. The molecule has 0 fully saturated rings. The number of amides is 2. The van der Waals surface area contributed by atoms with Crippen molar-refractivity contribution < 1.29 is 57.6 Å². The highest BCUT2D eigenvalue weighted by molar-refractivity contribution is 6.42. The number of ether oxygens (including phenoxy) is 4. The van der Waals surface area contributed by atoms with Crippen molar-refractivity contribution in [2.75, 3.05) is 62.8 Å². The lowest BCUT2D eigenvalue weighted by atomic mass is 9.78. The molecular weight excluding hydrogens is 776 g/mol. The Morgan fingerprint density at radius 1 is 0.667 bits per heavy atom. The molecule has 1 aromatic rings. The summed E-state index contributed by atoms with van der Waals surface area (Å²) in [5.41, 5.74) is 2.07. The summed E-state index contributed by atoms with van der Waals surface area (Å²) in [4.78, 5) is 94.5. The van der Waals surface area contributed by atoms with E-state index in [0.29, 0.717) is 11.4 Å². The number of nitrogens with zero attached hydrogens (tertiary/aromatic N) is 3. The van der Waals surface area contributed by atoms with Crippen LogP contribution >= 0.6 is 0 Å². The van der Waals surface area contributed by atoms with Crippen LogP contribution in [0.3, 0.4) is 0 Å². The van der Waals surface area contributed by atoms with Gasteiger partial charge in [-0.3, -0.25) is 14.4 Å². The number of hydrogen-bond donors (Lipinski definition) is 2. The zero-order chi connectivity index (χ0) is 44.8. The molecule has 0 atom stereocenters. The molecule has 2 aliphatic carbocycles. The summed E-state index contributed by atoms with van der Waals surface area (Å²) in [6, 6.07) is 4.70. The molecule has 0 radical (unpaired) electrons. The van der Waals surface area contributed by atoms with Crippen LogP contribution in [0.4, 0.5) is 11.4 Å². The molecular formula is C44H50N4O12. The van der Waals surface area contributed by atoms with Crippen LogP contribution in [0.15, 0.2) is 113 Å². The highest BCUT2D eigenvalue weighted by Crippen LogP contribution is 2.43. The zero-order valence-electron chi connectivity index (χ0n) is 34.7. The van der Waals surface area contributed by atoms with E-state index in [4.69, 9.17) is 18.9 Å². The molecule has 0 aliphatic heterocycles. The number of Topliss-reactive ketones (excluding diaryl/α,β-unsaturated/α-hetero) is 1. The zero-order valence-corrected chi connectivity index (χ0v) is 34.7. The lowest BCUT2D eigenvalue weighted by Gasteiger charge is -2.30. The van der Waals surface area contributed by atoms with E-state index in [9.17, 15) is 38.7 Å². The third-order valence-electron chi connectivity index (χ3n) is 8.54. The molecule has 0 spiro atoms. The van der Waals surface area contributed by atoms with Gasteiger partial charge in [-0.05, 0) is 64.1 Å². The Morgan fingerprint density at radius 2 is 1.12 bits per heavy atom. The number of nitrogens with one attached hydrogen (secondary N) is 1. The van der Waals surface area contributed by atoms with E-state index < -0.39 is 47.2 Å². The van der Waals surface area contributed by atoms with Crippen LogP contribution in [-0.2, 0) is 52.5 Å². The Morgan fingerprint density at radius 3 is 1.52 bits per heavy atom. The standard InChI is InChI=1S/C44H50N4O12/c1-25(2)41(53)57-19-15-47(16-20-58-42(54)26(3)4)31-11-13-33(35(23-31)45-29(9)49)37-39(51)38(40(37)52)34-14-12-32(24-36(34)46-30(10)50)48(17-21-59-43(55)27(5)6)18-22-60-44(56)28(7)8/h11-14,23-24,51H,1,3,5,7,15-22H2,2,4,6,8-10H3,(H,45,49)/b38-34+,46-36?. The molecule has 0 aromatic heterocycles. The first-order valence-corrected chi connectivity index (χ1v) is 18.7. The number of carbonyl (C=O) groups excluding carboxylic acids is 7. The van der Waals surface area contributed by atoms with Crippen LogP contribution in [0.25, 0.3) is 5.57 Å². The van der Waals surface area contributed by atoms with Crippen molar-refractivity contribution in [1.29, 1.82) is 0 Å². The third-order valence-corrected chi connectivity index (χ3v) is 8.54. The first-order valence-electron chi connectivity index (χ1n) is 18.7. The summed E-state index contributed by atoms with van der Waals surface area (Å²) in [6.07, 6.45) is 4.62. The topological polar surface area (TPSA) is 208 Å². The number of allylic oxidation sites excluding steroid dienone is 6. The van der Waals surface area contributed by atoms with Crippen molar-refractivity contribution in [2.24, 2.45) is 4.99 Å². The molecule has 0 bridgehead atoms. The van der Waals surface area contributed by atoms with Gasteiger partial charge in [0.05, 0.1) is 48.7 Å². The Hall–Kier alpha value is -7.10. The minimum absolute atomic E-state index is 0.0459. The molecule has 0 unspecified atom stereocenters. The molecule has 0 heterocycles. The van der Waals surface area contributed by atoms with Gasteiger partial charge >= 0.3 is 23.9 Å². The lowest BCUT2D eigenvalue weighted by Crippen LogP contribution is -2.33. The van der Waals surface area contributed by atoms with Gasteiger partial charge in [0.15, 0.2) is 0 Å². The number of esters is 4. The van der Waals surface area contributed by atoms with Crippen molar-refractivity contribution in [3.05, 3.63) is 113 Å². The number of anilines is 2. The molecule has 0 saturated heterocycles. The van der Waals surface area contributed by atoms with Crippen molar-refractivity contribution in [1.82, 2.24) is 4.90 Å². The van der Waals surface area contributed by atoms with Crippen LogP contribution in [0, 0.1) is 0 Å². The predicted octanol–water partition coefficient (Wildman–Crippen LogP) is 4.82. The number of ketones is 1. The van der Waals surface area contributed by atoms with Crippen LogP contribution in [0.5, 0.6) is 0 Å². The average molecular weight is 827 g/mol. The Balaban J connectivity index is 2.04. The van der Waals surface area contributed by atoms with Gasteiger partial charge < -0.3 is 39.2 Å².